The third-order valence-electron chi connectivity index (χ3n) is 4.68. The Bertz CT molecular complexity index is 564. The maximum absolute atomic E-state index is 4.99. The molecule has 1 N–H and O–H groups in total. The molecule has 3 rings (SSSR count). The molecule has 0 radical (unpaired) electrons. The van der Waals surface area contributed by atoms with E-state index in [0.29, 0.717) is 0 Å². The molecule has 1 aliphatic rings. The van der Waals surface area contributed by atoms with E-state index >= 15 is 0 Å². The van der Waals surface area contributed by atoms with Gasteiger partial charge in [0.2, 0.25) is 0 Å². The summed E-state index contributed by atoms with van der Waals surface area (Å²) >= 11 is 0. The van der Waals surface area contributed by atoms with E-state index in [2.05, 4.69) is 48.0 Å². The van der Waals surface area contributed by atoms with E-state index in [1.54, 1.807) is 0 Å². The summed E-state index contributed by atoms with van der Waals surface area (Å²) in [4.78, 5) is 4.99. The minimum Gasteiger partial charge on any atom is -0.328 e. The second-order valence-electron chi connectivity index (χ2n) is 5.55. The van der Waals surface area contributed by atoms with Gasteiger partial charge >= 0.3 is 0 Å². The Balaban J connectivity index is 2.17. The van der Waals surface area contributed by atoms with Crippen LogP contribution in [0.15, 0.2) is 24.3 Å². The van der Waals surface area contributed by atoms with Crippen LogP contribution in [-0.2, 0) is 12.0 Å². The first-order valence-electron chi connectivity index (χ1n) is 7.47. The number of rotatable bonds is 3. The standard InChI is InChI=1S/C16H23N3/c1-3-16(9-11-17-12-10-16)15-18-13-7-5-6-8-14(13)19(15)4-2/h5-8,17H,3-4,9-12H2,1-2H3. The Morgan fingerprint density at radius 3 is 2.63 bits per heavy atom. The molecule has 102 valence electrons. The fourth-order valence-electron chi connectivity index (χ4n) is 3.44. The molecule has 0 unspecified atom stereocenters. The van der Waals surface area contributed by atoms with Gasteiger partial charge in [0.15, 0.2) is 0 Å². The van der Waals surface area contributed by atoms with Gasteiger partial charge in [-0.3, -0.25) is 0 Å². The van der Waals surface area contributed by atoms with Crippen molar-refractivity contribution < 1.29 is 0 Å². The zero-order valence-corrected chi connectivity index (χ0v) is 11.9. The first kappa shape index (κ1) is 12.7. The molecule has 3 heteroatoms. The van der Waals surface area contributed by atoms with E-state index in [0.717, 1.165) is 25.2 Å². The van der Waals surface area contributed by atoms with Crippen molar-refractivity contribution in [2.45, 2.75) is 45.1 Å². The van der Waals surface area contributed by atoms with Gasteiger partial charge < -0.3 is 9.88 Å². The van der Waals surface area contributed by atoms with Gasteiger partial charge in [0.05, 0.1) is 11.0 Å². The topological polar surface area (TPSA) is 29.9 Å². The third kappa shape index (κ3) is 1.96. The van der Waals surface area contributed by atoms with Crippen molar-refractivity contribution in [3.8, 4) is 0 Å². The predicted molar refractivity (Wildman–Crippen MR) is 79.5 cm³/mol. The Morgan fingerprint density at radius 2 is 1.95 bits per heavy atom. The van der Waals surface area contributed by atoms with Gasteiger partial charge in [-0.15, -0.1) is 0 Å². The SMILES string of the molecule is CCn1c(C2(CC)CCNCC2)nc2ccccc21. The average Bonchev–Trinajstić information content (AvgIpc) is 2.87. The molecule has 1 aromatic heterocycles. The summed E-state index contributed by atoms with van der Waals surface area (Å²) in [6.07, 6.45) is 3.58. The van der Waals surface area contributed by atoms with Crippen LogP contribution in [-0.4, -0.2) is 22.6 Å². The monoisotopic (exact) mass is 257 g/mol. The van der Waals surface area contributed by atoms with Crippen LogP contribution < -0.4 is 5.32 Å². The maximum Gasteiger partial charge on any atom is 0.116 e. The Morgan fingerprint density at radius 1 is 1.21 bits per heavy atom. The van der Waals surface area contributed by atoms with Crippen LogP contribution >= 0.6 is 0 Å². The molecule has 2 aromatic rings. The van der Waals surface area contributed by atoms with Crippen molar-refractivity contribution in [1.82, 2.24) is 14.9 Å². The first-order chi connectivity index (χ1) is 9.30. The number of fused-ring (bicyclic) bond motifs is 1. The van der Waals surface area contributed by atoms with Gasteiger partial charge in [-0.1, -0.05) is 19.1 Å². The molecule has 3 nitrogen and oxygen atoms in total. The molecule has 19 heavy (non-hydrogen) atoms. The zero-order valence-electron chi connectivity index (χ0n) is 11.9. The molecule has 0 amide bonds. The molecular formula is C16H23N3. The van der Waals surface area contributed by atoms with Crippen LogP contribution in [0.5, 0.6) is 0 Å². The fourth-order valence-corrected chi connectivity index (χ4v) is 3.44. The molecule has 1 saturated heterocycles. The summed E-state index contributed by atoms with van der Waals surface area (Å²) in [5.74, 6) is 1.31. The van der Waals surface area contributed by atoms with Crippen LogP contribution in [0.25, 0.3) is 11.0 Å². The highest BCUT2D eigenvalue weighted by molar-refractivity contribution is 5.76. The molecule has 0 atom stereocenters. The highest BCUT2D eigenvalue weighted by Gasteiger charge is 2.36. The van der Waals surface area contributed by atoms with Crippen molar-refractivity contribution in [3.63, 3.8) is 0 Å². The van der Waals surface area contributed by atoms with E-state index in [1.165, 1.54) is 30.6 Å². The number of hydrogen-bond acceptors (Lipinski definition) is 2. The number of hydrogen-bond donors (Lipinski definition) is 1. The number of nitrogens with one attached hydrogen (secondary N) is 1. The van der Waals surface area contributed by atoms with E-state index in [-0.39, 0.29) is 5.41 Å². The van der Waals surface area contributed by atoms with E-state index < -0.39 is 0 Å². The molecule has 0 bridgehead atoms. The van der Waals surface area contributed by atoms with Crippen LogP contribution in [0, 0.1) is 0 Å². The number of imidazole rings is 1. The lowest BCUT2D eigenvalue weighted by atomic mass is 9.76. The Labute approximate surface area is 115 Å². The smallest absolute Gasteiger partial charge is 0.116 e. The summed E-state index contributed by atoms with van der Waals surface area (Å²) < 4.78 is 2.42. The highest BCUT2D eigenvalue weighted by atomic mass is 15.1. The molecule has 0 aliphatic carbocycles. The van der Waals surface area contributed by atoms with E-state index in [1.807, 2.05) is 0 Å². The normalized spacial score (nSPS) is 18.8. The minimum atomic E-state index is 0.264. The predicted octanol–water partition coefficient (Wildman–Crippen LogP) is 3.09. The number of piperidine rings is 1. The summed E-state index contributed by atoms with van der Waals surface area (Å²) in [6.45, 7) is 7.76. The first-order valence-corrected chi connectivity index (χ1v) is 7.47. The number of nitrogens with zero attached hydrogens (tertiary/aromatic N) is 2. The van der Waals surface area contributed by atoms with E-state index in [4.69, 9.17) is 4.98 Å². The number of para-hydroxylation sites is 2. The molecule has 2 heterocycles. The highest BCUT2D eigenvalue weighted by Crippen LogP contribution is 2.37. The van der Waals surface area contributed by atoms with Crippen molar-refractivity contribution in [2.24, 2.45) is 0 Å². The molecule has 0 saturated carbocycles. The van der Waals surface area contributed by atoms with Crippen molar-refractivity contribution >= 4 is 11.0 Å². The van der Waals surface area contributed by atoms with Gasteiger partial charge in [0, 0.05) is 12.0 Å². The summed E-state index contributed by atoms with van der Waals surface area (Å²) in [5, 5.41) is 3.48. The molecule has 0 spiro atoms. The number of benzene rings is 1. The molecular weight excluding hydrogens is 234 g/mol. The van der Waals surface area contributed by atoms with Gasteiger partial charge in [-0.2, -0.15) is 0 Å². The van der Waals surface area contributed by atoms with Crippen LogP contribution in [0.2, 0.25) is 0 Å². The summed E-state index contributed by atoms with van der Waals surface area (Å²) in [7, 11) is 0. The van der Waals surface area contributed by atoms with Gasteiger partial charge in [0.25, 0.3) is 0 Å². The molecule has 1 fully saturated rings. The van der Waals surface area contributed by atoms with Crippen molar-refractivity contribution in [3.05, 3.63) is 30.1 Å². The maximum atomic E-state index is 4.99. The quantitative estimate of drug-likeness (QED) is 0.915. The third-order valence-corrected chi connectivity index (χ3v) is 4.68. The fraction of sp³-hybridized carbons (Fsp3) is 0.562. The van der Waals surface area contributed by atoms with Crippen LogP contribution in [0.3, 0.4) is 0 Å². The zero-order chi connectivity index (χ0) is 13.3. The Kier molecular flexibility index (Phi) is 3.31. The summed E-state index contributed by atoms with van der Waals surface area (Å²) in [6, 6.07) is 8.52. The molecule has 1 aliphatic heterocycles. The van der Waals surface area contributed by atoms with Gasteiger partial charge in [0.1, 0.15) is 5.82 Å². The lowest BCUT2D eigenvalue weighted by molar-refractivity contribution is 0.275. The second kappa shape index (κ2) is 4.97. The number of aromatic nitrogens is 2. The van der Waals surface area contributed by atoms with E-state index in [9.17, 15) is 0 Å². The summed E-state index contributed by atoms with van der Waals surface area (Å²) in [5.41, 5.74) is 2.69. The van der Waals surface area contributed by atoms with Gasteiger partial charge in [-0.05, 0) is 51.4 Å². The van der Waals surface area contributed by atoms with Crippen LogP contribution in [0.1, 0.15) is 38.9 Å². The average molecular weight is 257 g/mol. The number of aryl methyl sites for hydroxylation is 1. The lowest BCUT2D eigenvalue weighted by Gasteiger charge is -2.36. The lowest BCUT2D eigenvalue weighted by Crippen LogP contribution is -2.41. The largest absolute Gasteiger partial charge is 0.328 e. The van der Waals surface area contributed by atoms with Gasteiger partial charge in [-0.25, -0.2) is 4.98 Å². The second-order valence-corrected chi connectivity index (χ2v) is 5.55. The Hall–Kier alpha value is -1.35. The van der Waals surface area contributed by atoms with Crippen molar-refractivity contribution in [1.29, 1.82) is 0 Å². The van der Waals surface area contributed by atoms with Crippen LogP contribution in [0.4, 0.5) is 0 Å². The van der Waals surface area contributed by atoms with Crippen molar-refractivity contribution in [2.75, 3.05) is 13.1 Å². The minimum absolute atomic E-state index is 0.264. The molecule has 1 aromatic carbocycles.